The minimum atomic E-state index is -0.880. The molecule has 100 valence electrons. The van der Waals surface area contributed by atoms with Gasteiger partial charge >= 0.3 is 5.97 Å². The molecule has 1 heterocycles. The quantitative estimate of drug-likeness (QED) is 0.785. The van der Waals surface area contributed by atoms with Crippen LogP contribution < -0.4 is 5.43 Å². The predicted molar refractivity (Wildman–Crippen MR) is 81.7 cm³/mol. The first-order chi connectivity index (χ1) is 9.56. The van der Waals surface area contributed by atoms with Crippen LogP contribution in [0.1, 0.15) is 10.4 Å². The van der Waals surface area contributed by atoms with E-state index in [0.717, 1.165) is 15.6 Å². The number of aryl methyl sites for hydroxylation is 1. The summed E-state index contributed by atoms with van der Waals surface area (Å²) in [6.07, 6.45) is -0.0422. The minimum absolute atomic E-state index is 0.0222. The summed E-state index contributed by atoms with van der Waals surface area (Å²) in [5.41, 5.74) is 0.918. The van der Waals surface area contributed by atoms with Crippen LogP contribution >= 0.6 is 11.3 Å². The van der Waals surface area contributed by atoms with Crippen LogP contribution in [-0.2, 0) is 11.2 Å². The van der Waals surface area contributed by atoms with Crippen LogP contribution in [0.25, 0.3) is 20.9 Å². The first-order valence-corrected chi connectivity index (χ1v) is 7.05. The van der Waals surface area contributed by atoms with Crippen molar-refractivity contribution in [3.8, 4) is 0 Å². The summed E-state index contributed by atoms with van der Waals surface area (Å²) in [7, 11) is 0. The van der Waals surface area contributed by atoms with Gasteiger partial charge in [0.05, 0.1) is 6.42 Å². The first kappa shape index (κ1) is 12.8. The molecule has 0 saturated heterocycles. The fourth-order valence-corrected chi connectivity index (χ4v) is 3.49. The third kappa shape index (κ3) is 2.08. The topological polar surface area (TPSA) is 54.4 Å². The van der Waals surface area contributed by atoms with E-state index in [0.29, 0.717) is 15.6 Å². The second-order valence-electron chi connectivity index (χ2n) is 4.76. The zero-order valence-corrected chi connectivity index (χ0v) is 11.7. The summed E-state index contributed by atoms with van der Waals surface area (Å²) >= 11 is 1.37. The Morgan fingerprint density at radius 1 is 1.25 bits per heavy atom. The van der Waals surface area contributed by atoms with Crippen molar-refractivity contribution in [3.05, 3.63) is 57.1 Å². The molecule has 0 unspecified atom stereocenters. The molecule has 0 bridgehead atoms. The van der Waals surface area contributed by atoms with E-state index >= 15 is 0 Å². The molecule has 3 nitrogen and oxygen atoms in total. The van der Waals surface area contributed by atoms with E-state index in [2.05, 4.69) is 0 Å². The van der Waals surface area contributed by atoms with E-state index in [1.165, 1.54) is 11.3 Å². The van der Waals surface area contributed by atoms with Crippen molar-refractivity contribution < 1.29 is 9.90 Å². The summed E-state index contributed by atoms with van der Waals surface area (Å²) in [5.74, 6) is -0.880. The second-order valence-corrected chi connectivity index (χ2v) is 5.93. The lowest BCUT2D eigenvalue weighted by Gasteiger charge is -1.95. The Kier molecular flexibility index (Phi) is 3.03. The van der Waals surface area contributed by atoms with E-state index in [-0.39, 0.29) is 11.8 Å². The van der Waals surface area contributed by atoms with Gasteiger partial charge in [0.1, 0.15) is 0 Å². The van der Waals surface area contributed by atoms with Gasteiger partial charge in [0.25, 0.3) is 0 Å². The van der Waals surface area contributed by atoms with Gasteiger partial charge in [-0.25, -0.2) is 0 Å². The van der Waals surface area contributed by atoms with E-state index in [1.807, 2.05) is 37.3 Å². The van der Waals surface area contributed by atoms with Gasteiger partial charge in [-0.1, -0.05) is 24.3 Å². The molecular formula is C16H12O3S. The van der Waals surface area contributed by atoms with Crippen LogP contribution in [-0.4, -0.2) is 11.1 Å². The standard InChI is InChI=1S/C16H12O3S/c1-9-3-2-4-10-5-6-13-12(16(19)15(9)10)7-11(20-13)8-14(17)18/h2-7H,8H2,1H3,(H,17,18). The van der Waals surface area contributed by atoms with Gasteiger partial charge in [-0.3, -0.25) is 9.59 Å². The Hall–Kier alpha value is -2.20. The summed E-state index contributed by atoms with van der Waals surface area (Å²) in [6.45, 7) is 1.92. The lowest BCUT2D eigenvalue weighted by Crippen LogP contribution is -2.00. The molecule has 0 aliphatic heterocycles. The van der Waals surface area contributed by atoms with Crippen molar-refractivity contribution in [1.82, 2.24) is 0 Å². The van der Waals surface area contributed by atoms with E-state index < -0.39 is 5.97 Å². The molecule has 1 N–H and O–H groups in total. The normalized spacial score (nSPS) is 11.1. The largest absolute Gasteiger partial charge is 0.481 e. The molecule has 0 aliphatic rings. The molecule has 2 aromatic carbocycles. The Labute approximate surface area is 119 Å². The number of fused-ring (bicyclic) bond motifs is 2. The lowest BCUT2D eigenvalue weighted by atomic mass is 10.1. The van der Waals surface area contributed by atoms with Gasteiger partial charge < -0.3 is 5.11 Å². The zero-order valence-electron chi connectivity index (χ0n) is 10.8. The average Bonchev–Trinajstić information content (AvgIpc) is 2.72. The highest BCUT2D eigenvalue weighted by molar-refractivity contribution is 7.19. The summed E-state index contributed by atoms with van der Waals surface area (Å²) in [6, 6.07) is 11.3. The molecule has 1 aromatic heterocycles. The number of aliphatic carboxylic acids is 1. The fraction of sp³-hybridized carbons (Fsp3) is 0.125. The van der Waals surface area contributed by atoms with Crippen LogP contribution in [0.3, 0.4) is 0 Å². The molecule has 0 amide bonds. The molecule has 0 aliphatic carbocycles. The average molecular weight is 284 g/mol. The van der Waals surface area contributed by atoms with Crippen LogP contribution in [0.15, 0.2) is 41.2 Å². The molecule has 0 radical (unpaired) electrons. The highest BCUT2D eigenvalue weighted by Gasteiger charge is 2.10. The Balaban J connectivity index is 2.40. The molecule has 0 saturated carbocycles. The van der Waals surface area contributed by atoms with Gasteiger partial charge in [-0.05, 0) is 30.0 Å². The smallest absolute Gasteiger partial charge is 0.308 e. The summed E-state index contributed by atoms with van der Waals surface area (Å²) < 4.78 is 0.835. The molecule has 0 spiro atoms. The van der Waals surface area contributed by atoms with Crippen LogP contribution in [0.2, 0.25) is 0 Å². The molecular weight excluding hydrogens is 272 g/mol. The van der Waals surface area contributed by atoms with Crippen molar-refractivity contribution in [2.45, 2.75) is 13.3 Å². The predicted octanol–water partition coefficient (Wildman–Crippen LogP) is 3.35. The number of carboxylic acids is 1. The minimum Gasteiger partial charge on any atom is -0.481 e. The molecule has 20 heavy (non-hydrogen) atoms. The zero-order chi connectivity index (χ0) is 14.3. The third-order valence-corrected chi connectivity index (χ3v) is 4.43. The Bertz CT molecular complexity index is 893. The highest BCUT2D eigenvalue weighted by Crippen LogP contribution is 2.25. The molecule has 0 atom stereocenters. The van der Waals surface area contributed by atoms with E-state index in [1.54, 1.807) is 6.07 Å². The molecule has 3 rings (SSSR count). The monoisotopic (exact) mass is 284 g/mol. The van der Waals surface area contributed by atoms with Crippen molar-refractivity contribution in [3.63, 3.8) is 0 Å². The Morgan fingerprint density at radius 3 is 2.80 bits per heavy atom. The number of hydrogen-bond donors (Lipinski definition) is 1. The van der Waals surface area contributed by atoms with Crippen LogP contribution in [0.5, 0.6) is 0 Å². The number of thiophene rings is 1. The van der Waals surface area contributed by atoms with Gasteiger partial charge in [-0.15, -0.1) is 11.3 Å². The molecule has 0 fully saturated rings. The maximum Gasteiger partial charge on any atom is 0.308 e. The number of carbonyl (C=O) groups is 1. The van der Waals surface area contributed by atoms with Gasteiger partial charge in [0.15, 0.2) is 5.43 Å². The number of rotatable bonds is 2. The Morgan fingerprint density at radius 2 is 2.05 bits per heavy atom. The number of benzene rings is 1. The lowest BCUT2D eigenvalue weighted by molar-refractivity contribution is -0.136. The molecule has 3 aromatic rings. The van der Waals surface area contributed by atoms with Gasteiger partial charge in [-0.2, -0.15) is 0 Å². The second kappa shape index (κ2) is 4.72. The SMILES string of the molecule is Cc1cccc2ccc3sc(CC(=O)O)cc3c(=O)c12. The van der Waals surface area contributed by atoms with Crippen molar-refractivity contribution >= 4 is 38.2 Å². The van der Waals surface area contributed by atoms with Crippen molar-refractivity contribution in [1.29, 1.82) is 0 Å². The highest BCUT2D eigenvalue weighted by atomic mass is 32.1. The third-order valence-electron chi connectivity index (χ3n) is 3.33. The van der Waals surface area contributed by atoms with Gasteiger partial charge in [0, 0.05) is 20.3 Å². The van der Waals surface area contributed by atoms with E-state index in [9.17, 15) is 9.59 Å². The fourth-order valence-electron chi connectivity index (χ4n) is 2.43. The van der Waals surface area contributed by atoms with Crippen molar-refractivity contribution in [2.75, 3.05) is 0 Å². The van der Waals surface area contributed by atoms with Gasteiger partial charge in [0.2, 0.25) is 0 Å². The van der Waals surface area contributed by atoms with Crippen molar-refractivity contribution in [2.24, 2.45) is 0 Å². The van der Waals surface area contributed by atoms with E-state index in [4.69, 9.17) is 5.11 Å². The molecule has 4 heteroatoms. The summed E-state index contributed by atoms with van der Waals surface area (Å²) in [5, 5.41) is 11.1. The first-order valence-electron chi connectivity index (χ1n) is 6.23. The van der Waals surface area contributed by atoms with Crippen LogP contribution in [0.4, 0.5) is 0 Å². The number of hydrogen-bond acceptors (Lipinski definition) is 3. The number of carboxylic acid groups (broad SMARTS) is 1. The van der Waals surface area contributed by atoms with Crippen LogP contribution in [0, 0.1) is 6.92 Å². The maximum atomic E-state index is 12.7. The summed E-state index contributed by atoms with van der Waals surface area (Å²) in [4.78, 5) is 24.2. The maximum absolute atomic E-state index is 12.7.